The molecule has 12 heteroatoms. The Bertz CT molecular complexity index is 779. The highest BCUT2D eigenvalue weighted by atomic mass is 32.2. The summed E-state index contributed by atoms with van der Waals surface area (Å²) in [6.07, 6.45) is -0.715. The lowest BCUT2D eigenvalue weighted by atomic mass is 10.0. The van der Waals surface area contributed by atoms with E-state index in [2.05, 4.69) is 9.50 Å². The predicted molar refractivity (Wildman–Crippen MR) is 81.5 cm³/mol. The fourth-order valence-electron chi connectivity index (χ4n) is 2.28. The molecule has 2 amide bonds. The van der Waals surface area contributed by atoms with Crippen LogP contribution in [0.3, 0.4) is 0 Å². The van der Waals surface area contributed by atoms with Crippen LogP contribution in [-0.2, 0) is 19.6 Å². The Morgan fingerprint density at radius 3 is 2.46 bits per heavy atom. The van der Waals surface area contributed by atoms with Crippen LogP contribution in [0, 0.1) is 0 Å². The highest BCUT2D eigenvalue weighted by molar-refractivity contribution is 7.88. The summed E-state index contributed by atoms with van der Waals surface area (Å²) in [7, 11) is -5.79. The molecule has 1 unspecified atom stereocenters. The van der Waals surface area contributed by atoms with E-state index in [1.54, 1.807) is 6.92 Å². The lowest BCUT2D eigenvalue weighted by Gasteiger charge is -2.34. The fourth-order valence-corrected chi connectivity index (χ4v) is 2.74. The molecule has 26 heavy (non-hydrogen) atoms. The third-order valence-electron chi connectivity index (χ3n) is 3.40. The molecule has 0 saturated carbocycles. The number of alkyl halides is 3. The Hall–Kier alpha value is -2.50. The number of rotatable bonds is 4. The lowest BCUT2D eigenvalue weighted by Crippen LogP contribution is -2.52. The van der Waals surface area contributed by atoms with Crippen molar-refractivity contribution in [1.29, 1.82) is 0 Å². The zero-order valence-corrected chi connectivity index (χ0v) is 14.3. The van der Waals surface area contributed by atoms with Gasteiger partial charge in [-0.15, -0.1) is 0 Å². The molecule has 0 aliphatic carbocycles. The summed E-state index contributed by atoms with van der Waals surface area (Å²) in [5.74, 6) is -1.08. The highest BCUT2D eigenvalue weighted by Gasteiger charge is 2.48. The molecule has 1 atom stereocenters. The number of nitrogens with one attached hydrogen (secondary N) is 1. The van der Waals surface area contributed by atoms with Crippen molar-refractivity contribution in [3.63, 3.8) is 0 Å². The molecule has 2 rings (SSSR count). The van der Waals surface area contributed by atoms with Crippen LogP contribution in [0.1, 0.15) is 18.5 Å². The van der Waals surface area contributed by atoms with Crippen molar-refractivity contribution in [2.24, 2.45) is 0 Å². The van der Waals surface area contributed by atoms with Crippen LogP contribution >= 0.6 is 0 Å². The average molecular weight is 396 g/mol. The topological polar surface area (TPSA) is 102 Å². The SMILES string of the molecule is CCOC(=O)N1CCNC(=O)C1c1ccc(OS(=O)(=O)C(F)(F)F)cc1. The lowest BCUT2D eigenvalue weighted by molar-refractivity contribution is -0.128. The van der Waals surface area contributed by atoms with Gasteiger partial charge in [0.1, 0.15) is 11.8 Å². The van der Waals surface area contributed by atoms with Gasteiger partial charge in [0.15, 0.2) is 0 Å². The second-order valence-electron chi connectivity index (χ2n) is 5.14. The number of amides is 2. The van der Waals surface area contributed by atoms with Crippen LogP contribution < -0.4 is 9.50 Å². The molecule has 1 saturated heterocycles. The normalized spacial score (nSPS) is 18.2. The van der Waals surface area contributed by atoms with Crippen molar-refractivity contribution in [3.8, 4) is 5.75 Å². The standard InChI is InChI=1S/C14H15F3N2O6S/c1-2-24-13(21)19-8-7-18-12(20)11(19)9-3-5-10(6-4-9)25-26(22,23)14(15,16)17/h3-6,11H,2,7-8H2,1H3,(H,18,20). The van der Waals surface area contributed by atoms with E-state index in [9.17, 15) is 31.2 Å². The molecule has 0 spiro atoms. The number of carbonyl (C=O) groups excluding carboxylic acids is 2. The van der Waals surface area contributed by atoms with E-state index in [-0.39, 0.29) is 25.3 Å². The molecular weight excluding hydrogens is 381 g/mol. The van der Waals surface area contributed by atoms with Crippen molar-refractivity contribution in [2.75, 3.05) is 19.7 Å². The first-order valence-electron chi connectivity index (χ1n) is 7.38. The number of carbonyl (C=O) groups is 2. The largest absolute Gasteiger partial charge is 0.534 e. The van der Waals surface area contributed by atoms with Crippen molar-refractivity contribution >= 4 is 22.1 Å². The molecular formula is C14H15F3N2O6S. The monoisotopic (exact) mass is 396 g/mol. The summed E-state index contributed by atoms with van der Waals surface area (Å²) >= 11 is 0. The fraction of sp³-hybridized carbons (Fsp3) is 0.429. The van der Waals surface area contributed by atoms with Crippen LogP contribution in [0.5, 0.6) is 5.75 Å². The smallest absolute Gasteiger partial charge is 0.450 e. The minimum Gasteiger partial charge on any atom is -0.450 e. The van der Waals surface area contributed by atoms with Crippen LogP contribution in [0.25, 0.3) is 0 Å². The van der Waals surface area contributed by atoms with E-state index in [4.69, 9.17) is 4.74 Å². The number of nitrogens with zero attached hydrogens (tertiary/aromatic N) is 1. The number of piperazine rings is 1. The molecule has 1 aliphatic rings. The van der Waals surface area contributed by atoms with Crippen LogP contribution in [0.15, 0.2) is 24.3 Å². The number of hydrogen-bond donors (Lipinski definition) is 1. The van der Waals surface area contributed by atoms with Gasteiger partial charge in [-0.25, -0.2) is 4.79 Å². The minimum absolute atomic E-state index is 0.103. The molecule has 0 radical (unpaired) electrons. The van der Waals surface area contributed by atoms with E-state index in [0.29, 0.717) is 0 Å². The van der Waals surface area contributed by atoms with E-state index >= 15 is 0 Å². The first-order chi connectivity index (χ1) is 12.1. The highest BCUT2D eigenvalue weighted by Crippen LogP contribution is 2.29. The Balaban J connectivity index is 2.25. The minimum atomic E-state index is -5.79. The Morgan fingerprint density at radius 2 is 1.92 bits per heavy atom. The maximum atomic E-state index is 12.3. The summed E-state index contributed by atoms with van der Waals surface area (Å²) in [6.45, 7) is 2.10. The van der Waals surface area contributed by atoms with Gasteiger partial charge in [-0.3, -0.25) is 9.69 Å². The predicted octanol–water partition coefficient (Wildman–Crippen LogP) is 1.54. The summed E-state index contributed by atoms with van der Waals surface area (Å²) < 4.78 is 67.8. The summed E-state index contributed by atoms with van der Waals surface area (Å²) in [5, 5.41) is 2.57. The van der Waals surface area contributed by atoms with E-state index in [0.717, 1.165) is 12.1 Å². The molecule has 1 aliphatic heterocycles. The van der Waals surface area contributed by atoms with Crippen molar-refractivity contribution < 1.29 is 40.1 Å². The average Bonchev–Trinajstić information content (AvgIpc) is 2.54. The summed E-state index contributed by atoms with van der Waals surface area (Å²) in [4.78, 5) is 25.3. The zero-order chi connectivity index (χ0) is 19.5. The summed E-state index contributed by atoms with van der Waals surface area (Å²) in [6, 6.07) is 3.26. The first-order valence-corrected chi connectivity index (χ1v) is 8.79. The molecule has 0 bridgehead atoms. The van der Waals surface area contributed by atoms with Gasteiger partial charge >= 0.3 is 21.7 Å². The molecule has 0 aromatic heterocycles. The van der Waals surface area contributed by atoms with Gasteiger partial charge in [-0.05, 0) is 24.6 Å². The maximum absolute atomic E-state index is 12.3. The van der Waals surface area contributed by atoms with Gasteiger partial charge in [0.05, 0.1) is 6.61 Å². The second-order valence-corrected chi connectivity index (χ2v) is 6.68. The van der Waals surface area contributed by atoms with Crippen molar-refractivity contribution in [2.45, 2.75) is 18.5 Å². The van der Waals surface area contributed by atoms with Crippen LogP contribution in [0.2, 0.25) is 0 Å². The third kappa shape index (κ3) is 4.18. The molecule has 1 aromatic rings. The van der Waals surface area contributed by atoms with Crippen molar-refractivity contribution in [3.05, 3.63) is 29.8 Å². The molecule has 1 heterocycles. The Labute approximate surface area is 147 Å². The Morgan fingerprint density at radius 1 is 1.31 bits per heavy atom. The van der Waals surface area contributed by atoms with E-state index in [1.165, 1.54) is 17.0 Å². The third-order valence-corrected chi connectivity index (χ3v) is 4.38. The molecule has 1 aromatic carbocycles. The van der Waals surface area contributed by atoms with Gasteiger partial charge in [0.25, 0.3) is 0 Å². The van der Waals surface area contributed by atoms with Crippen LogP contribution in [0.4, 0.5) is 18.0 Å². The molecule has 1 N–H and O–H groups in total. The van der Waals surface area contributed by atoms with E-state index in [1.807, 2.05) is 0 Å². The zero-order valence-electron chi connectivity index (χ0n) is 13.4. The van der Waals surface area contributed by atoms with Gasteiger partial charge in [-0.2, -0.15) is 21.6 Å². The Kier molecular flexibility index (Phi) is 5.64. The van der Waals surface area contributed by atoms with Crippen LogP contribution in [-0.4, -0.2) is 50.5 Å². The second kappa shape index (κ2) is 7.40. The van der Waals surface area contributed by atoms with Gasteiger partial charge in [0, 0.05) is 13.1 Å². The quantitative estimate of drug-likeness (QED) is 0.612. The number of benzene rings is 1. The first kappa shape index (κ1) is 19.8. The van der Waals surface area contributed by atoms with Crippen molar-refractivity contribution in [1.82, 2.24) is 10.2 Å². The van der Waals surface area contributed by atoms with Gasteiger partial charge in [-0.1, -0.05) is 12.1 Å². The molecule has 8 nitrogen and oxygen atoms in total. The maximum Gasteiger partial charge on any atom is 0.534 e. The number of ether oxygens (including phenoxy) is 1. The number of halogens is 3. The summed E-state index contributed by atoms with van der Waals surface area (Å²) in [5.41, 5.74) is -5.30. The molecule has 144 valence electrons. The molecule has 1 fully saturated rings. The number of hydrogen-bond acceptors (Lipinski definition) is 6. The van der Waals surface area contributed by atoms with Gasteiger partial charge < -0.3 is 14.2 Å². The van der Waals surface area contributed by atoms with Gasteiger partial charge in [0.2, 0.25) is 5.91 Å². The van der Waals surface area contributed by atoms with E-state index < -0.39 is 39.4 Å².